The van der Waals surface area contributed by atoms with Gasteiger partial charge in [-0.25, -0.2) is 9.97 Å². The van der Waals surface area contributed by atoms with E-state index in [1.807, 2.05) is 0 Å². The molecule has 1 aromatic heterocycles. The van der Waals surface area contributed by atoms with Gasteiger partial charge in [0.15, 0.2) is 0 Å². The lowest BCUT2D eigenvalue weighted by Gasteiger charge is -2.38. The van der Waals surface area contributed by atoms with Crippen molar-refractivity contribution in [3.8, 4) is 0 Å². The first kappa shape index (κ1) is 14.1. The molecule has 2 unspecified atom stereocenters. The molecule has 2 atom stereocenters. The Morgan fingerprint density at radius 3 is 2.70 bits per heavy atom. The minimum Gasteiger partial charge on any atom is -0.393 e. The summed E-state index contributed by atoms with van der Waals surface area (Å²) in [5.41, 5.74) is 0. The number of aromatic nitrogens is 2. The van der Waals surface area contributed by atoms with Crippen molar-refractivity contribution >= 4 is 27.6 Å². The number of aliphatic hydroxyl groups is 1. The van der Waals surface area contributed by atoms with Gasteiger partial charge in [-0.05, 0) is 48.0 Å². The highest BCUT2D eigenvalue weighted by Crippen LogP contribution is 2.42. The molecule has 20 heavy (non-hydrogen) atoms. The molecule has 2 fully saturated rings. The van der Waals surface area contributed by atoms with Crippen molar-refractivity contribution in [1.82, 2.24) is 9.97 Å². The zero-order chi connectivity index (χ0) is 14.1. The molecule has 2 aliphatic rings. The van der Waals surface area contributed by atoms with E-state index in [4.69, 9.17) is 0 Å². The average molecular weight is 341 g/mol. The summed E-state index contributed by atoms with van der Waals surface area (Å²) < 4.78 is 0.946. The summed E-state index contributed by atoms with van der Waals surface area (Å²) in [6, 6.07) is 0.822. The van der Waals surface area contributed by atoms with Gasteiger partial charge in [-0.3, -0.25) is 0 Å². The predicted octanol–water partition coefficient (Wildman–Crippen LogP) is 2.55. The quantitative estimate of drug-likeness (QED) is 0.881. The minimum atomic E-state index is -0.151. The van der Waals surface area contributed by atoms with E-state index >= 15 is 0 Å². The van der Waals surface area contributed by atoms with Gasteiger partial charge in [-0.15, -0.1) is 0 Å². The minimum absolute atomic E-state index is 0.151. The van der Waals surface area contributed by atoms with Crippen LogP contribution in [0.3, 0.4) is 0 Å². The number of fused-ring (bicyclic) bond motifs is 2. The Bertz CT molecular complexity index is 470. The number of piperidine rings is 1. The van der Waals surface area contributed by atoms with E-state index < -0.39 is 0 Å². The molecular formula is C14H21BrN4O. The Morgan fingerprint density at radius 2 is 2.05 bits per heavy atom. The third-order valence-electron chi connectivity index (χ3n) is 4.27. The Morgan fingerprint density at radius 1 is 1.35 bits per heavy atom. The number of nitrogens with one attached hydrogen (secondary N) is 1. The molecule has 110 valence electrons. The second-order valence-electron chi connectivity index (χ2n) is 5.70. The molecule has 3 heterocycles. The smallest absolute Gasteiger partial charge is 0.149 e. The number of aliphatic hydroxyl groups excluding tert-OH is 1. The van der Waals surface area contributed by atoms with Gasteiger partial charge >= 0.3 is 0 Å². The van der Waals surface area contributed by atoms with E-state index in [9.17, 15) is 5.11 Å². The topological polar surface area (TPSA) is 61.3 Å². The lowest BCUT2D eigenvalue weighted by Crippen LogP contribution is -2.45. The van der Waals surface area contributed by atoms with Crippen LogP contribution in [-0.2, 0) is 0 Å². The summed E-state index contributed by atoms with van der Waals surface area (Å²) in [4.78, 5) is 11.2. The SMILES string of the molecule is CCCNc1ncnc(N2C3CCC2CC(O)C3)c1Br. The molecule has 2 saturated heterocycles. The largest absolute Gasteiger partial charge is 0.393 e. The van der Waals surface area contributed by atoms with Crippen LogP contribution in [0.2, 0.25) is 0 Å². The fraction of sp³-hybridized carbons (Fsp3) is 0.714. The summed E-state index contributed by atoms with van der Waals surface area (Å²) in [6.07, 6.45) is 6.54. The van der Waals surface area contributed by atoms with E-state index in [1.54, 1.807) is 6.33 Å². The van der Waals surface area contributed by atoms with Gasteiger partial charge in [0.25, 0.3) is 0 Å². The average Bonchev–Trinajstić information content (AvgIpc) is 2.69. The van der Waals surface area contributed by atoms with Crippen LogP contribution in [0.1, 0.15) is 39.0 Å². The number of rotatable bonds is 4. The monoisotopic (exact) mass is 340 g/mol. The molecule has 6 heteroatoms. The normalized spacial score (nSPS) is 28.8. The second-order valence-corrected chi connectivity index (χ2v) is 6.50. The Labute approximate surface area is 127 Å². The van der Waals surface area contributed by atoms with Crippen LogP contribution >= 0.6 is 15.9 Å². The second kappa shape index (κ2) is 5.85. The molecule has 2 bridgehead atoms. The van der Waals surface area contributed by atoms with Gasteiger partial charge in [0, 0.05) is 18.6 Å². The number of nitrogens with zero attached hydrogens (tertiary/aromatic N) is 3. The maximum atomic E-state index is 9.91. The van der Waals surface area contributed by atoms with Crippen LogP contribution in [0, 0.1) is 0 Å². The zero-order valence-electron chi connectivity index (χ0n) is 11.7. The van der Waals surface area contributed by atoms with E-state index in [2.05, 4.69) is 43.0 Å². The fourth-order valence-corrected chi connectivity index (χ4v) is 3.95. The van der Waals surface area contributed by atoms with Gasteiger partial charge in [-0.1, -0.05) is 6.92 Å². The lowest BCUT2D eigenvalue weighted by atomic mass is 10.00. The van der Waals surface area contributed by atoms with Crippen LogP contribution in [0.15, 0.2) is 10.8 Å². The fourth-order valence-electron chi connectivity index (χ4n) is 3.40. The van der Waals surface area contributed by atoms with E-state index in [0.717, 1.165) is 54.8 Å². The van der Waals surface area contributed by atoms with Crippen molar-refractivity contribution in [2.24, 2.45) is 0 Å². The summed E-state index contributed by atoms with van der Waals surface area (Å²) in [6.45, 7) is 3.04. The number of halogens is 1. The number of hydrogen-bond acceptors (Lipinski definition) is 5. The highest BCUT2D eigenvalue weighted by atomic mass is 79.9. The van der Waals surface area contributed by atoms with Gasteiger partial charge in [0.2, 0.25) is 0 Å². The van der Waals surface area contributed by atoms with E-state index in [-0.39, 0.29) is 6.10 Å². The third-order valence-corrected chi connectivity index (χ3v) is 5.00. The van der Waals surface area contributed by atoms with Crippen LogP contribution in [-0.4, -0.2) is 39.8 Å². The number of anilines is 2. The number of hydrogen-bond donors (Lipinski definition) is 2. The van der Waals surface area contributed by atoms with Gasteiger partial charge in [0.1, 0.15) is 22.4 Å². The maximum Gasteiger partial charge on any atom is 0.149 e. The molecule has 0 aromatic carbocycles. The highest BCUT2D eigenvalue weighted by Gasteiger charge is 2.41. The van der Waals surface area contributed by atoms with Gasteiger partial charge < -0.3 is 15.3 Å². The Balaban J connectivity index is 1.87. The molecule has 2 N–H and O–H groups in total. The molecular weight excluding hydrogens is 320 g/mol. The summed E-state index contributed by atoms with van der Waals surface area (Å²) in [5.74, 6) is 1.83. The van der Waals surface area contributed by atoms with Crippen molar-refractivity contribution < 1.29 is 5.11 Å². The summed E-state index contributed by atoms with van der Waals surface area (Å²) >= 11 is 3.65. The van der Waals surface area contributed by atoms with Crippen LogP contribution < -0.4 is 10.2 Å². The molecule has 0 radical (unpaired) electrons. The van der Waals surface area contributed by atoms with Crippen molar-refractivity contribution in [1.29, 1.82) is 0 Å². The van der Waals surface area contributed by atoms with Crippen LogP contribution in [0.4, 0.5) is 11.6 Å². The zero-order valence-corrected chi connectivity index (χ0v) is 13.3. The Kier molecular flexibility index (Phi) is 4.12. The lowest BCUT2D eigenvalue weighted by molar-refractivity contribution is 0.126. The van der Waals surface area contributed by atoms with Gasteiger partial charge in [-0.2, -0.15) is 0 Å². The molecule has 1 aromatic rings. The first-order valence-electron chi connectivity index (χ1n) is 7.41. The standard InChI is InChI=1S/C14H21BrN4O/c1-2-5-16-13-12(15)14(18-8-17-13)19-9-3-4-10(19)7-11(20)6-9/h8-11,20H,2-7H2,1H3,(H,16,17,18). The Hall–Kier alpha value is -0.880. The maximum absolute atomic E-state index is 9.91. The highest BCUT2D eigenvalue weighted by molar-refractivity contribution is 9.10. The molecule has 0 amide bonds. The first-order valence-corrected chi connectivity index (χ1v) is 8.20. The van der Waals surface area contributed by atoms with Crippen molar-refractivity contribution in [3.05, 3.63) is 10.8 Å². The first-order chi connectivity index (χ1) is 9.70. The van der Waals surface area contributed by atoms with Crippen LogP contribution in [0.5, 0.6) is 0 Å². The van der Waals surface area contributed by atoms with Gasteiger partial charge in [0.05, 0.1) is 6.10 Å². The van der Waals surface area contributed by atoms with Crippen LogP contribution in [0.25, 0.3) is 0 Å². The molecule has 0 aliphatic carbocycles. The molecule has 5 nitrogen and oxygen atoms in total. The van der Waals surface area contributed by atoms with E-state index in [1.165, 1.54) is 0 Å². The molecule has 0 spiro atoms. The van der Waals surface area contributed by atoms with Crippen molar-refractivity contribution in [2.45, 2.75) is 57.2 Å². The predicted molar refractivity (Wildman–Crippen MR) is 83.0 cm³/mol. The molecule has 0 saturated carbocycles. The molecule has 3 rings (SSSR count). The summed E-state index contributed by atoms with van der Waals surface area (Å²) in [5, 5.41) is 13.2. The molecule has 2 aliphatic heterocycles. The summed E-state index contributed by atoms with van der Waals surface area (Å²) in [7, 11) is 0. The van der Waals surface area contributed by atoms with E-state index in [0.29, 0.717) is 12.1 Å². The third kappa shape index (κ3) is 2.51. The van der Waals surface area contributed by atoms with Crippen molar-refractivity contribution in [3.63, 3.8) is 0 Å². The van der Waals surface area contributed by atoms with Crippen molar-refractivity contribution in [2.75, 3.05) is 16.8 Å².